The predicted octanol–water partition coefficient (Wildman–Crippen LogP) is 2.17. The monoisotopic (exact) mass is 248 g/mol. The molecule has 4 nitrogen and oxygen atoms in total. The summed E-state index contributed by atoms with van der Waals surface area (Å²) in [5.41, 5.74) is 1.08. The van der Waals surface area contributed by atoms with Gasteiger partial charge in [-0.1, -0.05) is 11.6 Å². The molecule has 2 heterocycles. The molecule has 88 valence electrons. The molecule has 2 aromatic rings. The lowest BCUT2D eigenvalue weighted by Gasteiger charge is -2.08. The quantitative estimate of drug-likeness (QED) is 0.902. The van der Waals surface area contributed by atoms with Gasteiger partial charge in [-0.25, -0.2) is 9.97 Å². The molecule has 5 heteroatoms. The Morgan fingerprint density at radius 2 is 2.35 bits per heavy atom. The van der Waals surface area contributed by atoms with E-state index in [1.165, 1.54) is 12.8 Å². The molecule has 1 N–H and O–H groups in total. The predicted molar refractivity (Wildman–Crippen MR) is 66.2 cm³/mol. The molecule has 0 saturated heterocycles. The van der Waals surface area contributed by atoms with Crippen LogP contribution in [0.4, 0.5) is 0 Å². The van der Waals surface area contributed by atoms with Crippen molar-refractivity contribution in [1.82, 2.24) is 19.9 Å². The Hall–Kier alpha value is -1.39. The van der Waals surface area contributed by atoms with E-state index in [0.29, 0.717) is 11.1 Å². The van der Waals surface area contributed by atoms with Crippen LogP contribution in [0, 0.1) is 0 Å². The molecule has 1 saturated carbocycles. The lowest BCUT2D eigenvalue weighted by Crippen LogP contribution is -2.16. The van der Waals surface area contributed by atoms with E-state index < -0.39 is 0 Å². The molecule has 1 aliphatic rings. The van der Waals surface area contributed by atoms with E-state index in [1.807, 2.05) is 16.8 Å². The van der Waals surface area contributed by atoms with Crippen LogP contribution in [0.1, 0.15) is 18.4 Å². The van der Waals surface area contributed by atoms with E-state index >= 15 is 0 Å². The molecular weight excluding hydrogens is 236 g/mol. The van der Waals surface area contributed by atoms with Crippen molar-refractivity contribution >= 4 is 11.6 Å². The summed E-state index contributed by atoms with van der Waals surface area (Å²) in [6.07, 6.45) is 9.58. The van der Waals surface area contributed by atoms with Crippen LogP contribution in [0.15, 0.2) is 31.0 Å². The first-order valence-electron chi connectivity index (χ1n) is 5.69. The summed E-state index contributed by atoms with van der Waals surface area (Å²) < 4.78 is 1.87. The summed E-state index contributed by atoms with van der Waals surface area (Å²) in [5, 5.41) is 4.16. The first-order valence-corrected chi connectivity index (χ1v) is 6.07. The van der Waals surface area contributed by atoms with Crippen molar-refractivity contribution in [2.24, 2.45) is 0 Å². The number of aromatic nitrogens is 3. The molecular formula is C12H13ClN4. The van der Waals surface area contributed by atoms with Crippen LogP contribution in [0.25, 0.3) is 5.82 Å². The second-order valence-electron chi connectivity index (χ2n) is 4.26. The summed E-state index contributed by atoms with van der Waals surface area (Å²) in [6.45, 7) is 0.799. The zero-order chi connectivity index (χ0) is 11.7. The zero-order valence-corrected chi connectivity index (χ0v) is 10.1. The van der Waals surface area contributed by atoms with Gasteiger partial charge in [0.15, 0.2) is 0 Å². The maximum atomic E-state index is 6.13. The van der Waals surface area contributed by atoms with Gasteiger partial charge in [0.2, 0.25) is 0 Å². The third kappa shape index (κ3) is 2.48. The van der Waals surface area contributed by atoms with Gasteiger partial charge in [-0.3, -0.25) is 4.57 Å². The van der Waals surface area contributed by atoms with Gasteiger partial charge in [0, 0.05) is 31.2 Å². The third-order valence-electron chi connectivity index (χ3n) is 2.85. The number of hydrogen-bond acceptors (Lipinski definition) is 3. The molecule has 0 unspecified atom stereocenters. The molecule has 0 bridgehead atoms. The van der Waals surface area contributed by atoms with Gasteiger partial charge in [0.05, 0.1) is 5.02 Å². The average molecular weight is 249 g/mol. The second kappa shape index (κ2) is 4.47. The van der Waals surface area contributed by atoms with Gasteiger partial charge in [-0.2, -0.15) is 0 Å². The highest BCUT2D eigenvalue weighted by Gasteiger charge is 2.20. The molecule has 0 spiro atoms. The highest BCUT2D eigenvalue weighted by atomic mass is 35.5. The summed E-state index contributed by atoms with van der Waals surface area (Å²) in [6, 6.07) is 2.68. The van der Waals surface area contributed by atoms with E-state index in [9.17, 15) is 0 Å². The number of hydrogen-bond donors (Lipinski definition) is 1. The fourth-order valence-corrected chi connectivity index (χ4v) is 1.85. The normalized spacial score (nSPS) is 15.1. The smallest absolute Gasteiger partial charge is 0.138 e. The molecule has 0 aromatic carbocycles. The Morgan fingerprint density at radius 3 is 3.06 bits per heavy atom. The Morgan fingerprint density at radius 1 is 1.47 bits per heavy atom. The minimum Gasteiger partial charge on any atom is -0.310 e. The molecule has 0 radical (unpaired) electrons. The van der Waals surface area contributed by atoms with E-state index in [0.717, 1.165) is 17.9 Å². The van der Waals surface area contributed by atoms with Crippen LogP contribution < -0.4 is 5.32 Å². The van der Waals surface area contributed by atoms with Crippen LogP contribution >= 0.6 is 11.6 Å². The first-order chi connectivity index (χ1) is 8.33. The Balaban J connectivity index is 1.83. The molecule has 0 aliphatic heterocycles. The molecule has 0 amide bonds. The minimum atomic E-state index is 0.677. The van der Waals surface area contributed by atoms with Crippen molar-refractivity contribution in [1.29, 1.82) is 0 Å². The summed E-state index contributed by atoms with van der Waals surface area (Å²) >= 11 is 6.13. The number of imidazole rings is 1. The van der Waals surface area contributed by atoms with Crippen LogP contribution in [-0.4, -0.2) is 20.6 Å². The standard InChI is InChI=1S/C12H13ClN4/c13-11-7-16-12(17-4-3-14-8-17)5-9(11)6-15-10-1-2-10/h3-5,7-8,10,15H,1-2,6H2. The van der Waals surface area contributed by atoms with Crippen molar-refractivity contribution < 1.29 is 0 Å². The van der Waals surface area contributed by atoms with Crippen molar-refractivity contribution in [3.63, 3.8) is 0 Å². The molecule has 0 atom stereocenters. The minimum absolute atomic E-state index is 0.677. The van der Waals surface area contributed by atoms with Gasteiger partial charge in [-0.15, -0.1) is 0 Å². The van der Waals surface area contributed by atoms with E-state index in [-0.39, 0.29) is 0 Å². The van der Waals surface area contributed by atoms with Crippen LogP contribution in [0.5, 0.6) is 0 Å². The van der Waals surface area contributed by atoms with Gasteiger partial charge in [0.25, 0.3) is 0 Å². The fraction of sp³-hybridized carbons (Fsp3) is 0.333. The third-order valence-corrected chi connectivity index (χ3v) is 3.19. The van der Waals surface area contributed by atoms with E-state index in [2.05, 4.69) is 15.3 Å². The number of rotatable bonds is 4. The average Bonchev–Trinajstić information content (AvgIpc) is 3.00. The van der Waals surface area contributed by atoms with Gasteiger partial charge in [-0.05, 0) is 24.5 Å². The SMILES string of the molecule is Clc1cnc(-n2ccnc2)cc1CNC1CC1. The van der Waals surface area contributed by atoms with Crippen LogP contribution in [0.3, 0.4) is 0 Å². The largest absolute Gasteiger partial charge is 0.310 e. The van der Waals surface area contributed by atoms with Crippen LogP contribution in [0.2, 0.25) is 5.02 Å². The number of halogens is 1. The van der Waals surface area contributed by atoms with Gasteiger partial charge >= 0.3 is 0 Å². The highest BCUT2D eigenvalue weighted by molar-refractivity contribution is 6.31. The molecule has 1 fully saturated rings. The summed E-state index contributed by atoms with van der Waals surface area (Å²) in [5.74, 6) is 0.847. The summed E-state index contributed by atoms with van der Waals surface area (Å²) in [7, 11) is 0. The maximum absolute atomic E-state index is 6.13. The lowest BCUT2D eigenvalue weighted by atomic mass is 10.2. The van der Waals surface area contributed by atoms with Crippen molar-refractivity contribution in [2.75, 3.05) is 0 Å². The van der Waals surface area contributed by atoms with Gasteiger partial charge < -0.3 is 5.32 Å². The second-order valence-corrected chi connectivity index (χ2v) is 4.67. The maximum Gasteiger partial charge on any atom is 0.138 e. The topological polar surface area (TPSA) is 42.7 Å². The van der Waals surface area contributed by atoms with Crippen molar-refractivity contribution in [3.05, 3.63) is 41.6 Å². The Bertz CT molecular complexity index is 505. The Labute approximate surface area is 105 Å². The number of nitrogens with zero attached hydrogens (tertiary/aromatic N) is 3. The van der Waals surface area contributed by atoms with Crippen LogP contribution in [-0.2, 0) is 6.54 Å². The van der Waals surface area contributed by atoms with Crippen molar-refractivity contribution in [3.8, 4) is 5.82 Å². The Kier molecular flexibility index (Phi) is 2.82. The van der Waals surface area contributed by atoms with Crippen molar-refractivity contribution in [2.45, 2.75) is 25.4 Å². The molecule has 2 aromatic heterocycles. The first kappa shape index (κ1) is 10.7. The molecule has 17 heavy (non-hydrogen) atoms. The zero-order valence-electron chi connectivity index (χ0n) is 9.31. The highest BCUT2D eigenvalue weighted by Crippen LogP contribution is 2.22. The van der Waals surface area contributed by atoms with E-state index in [4.69, 9.17) is 11.6 Å². The fourth-order valence-electron chi connectivity index (χ4n) is 1.68. The number of nitrogens with one attached hydrogen (secondary N) is 1. The van der Waals surface area contributed by atoms with E-state index in [1.54, 1.807) is 18.7 Å². The summed E-state index contributed by atoms with van der Waals surface area (Å²) in [4.78, 5) is 8.30. The molecule has 3 rings (SSSR count). The van der Waals surface area contributed by atoms with Gasteiger partial charge in [0.1, 0.15) is 12.1 Å². The number of pyridine rings is 1. The molecule has 1 aliphatic carbocycles. The lowest BCUT2D eigenvalue weighted by molar-refractivity contribution is 0.686.